The van der Waals surface area contributed by atoms with Crippen molar-refractivity contribution in [1.82, 2.24) is 4.98 Å². The van der Waals surface area contributed by atoms with Crippen molar-refractivity contribution >= 4 is 13.7 Å². The van der Waals surface area contributed by atoms with E-state index in [2.05, 4.69) is 65.7 Å². The average molecular weight is 322 g/mol. The monoisotopic (exact) mass is 322 g/mol. The molecule has 1 aromatic heterocycles. The fourth-order valence-corrected chi connectivity index (χ4v) is 3.51. The lowest BCUT2D eigenvalue weighted by Crippen LogP contribution is -2.29. The van der Waals surface area contributed by atoms with Gasteiger partial charge in [-0.2, -0.15) is 0 Å². The van der Waals surface area contributed by atoms with Crippen molar-refractivity contribution in [2.45, 2.75) is 59.2 Å². The van der Waals surface area contributed by atoms with Crippen LogP contribution in [0.4, 0.5) is 5.82 Å². The minimum absolute atomic E-state index is 0.226. The van der Waals surface area contributed by atoms with E-state index in [0.29, 0.717) is 5.92 Å². The molecule has 1 atom stereocenters. The highest BCUT2D eigenvalue weighted by Gasteiger charge is 2.31. The molecule has 0 radical (unpaired) electrons. The van der Waals surface area contributed by atoms with Crippen molar-refractivity contribution in [3.8, 4) is 0 Å². The summed E-state index contributed by atoms with van der Waals surface area (Å²) in [6, 6.07) is 4.20. The number of nitrogens with zero attached hydrogens (tertiary/aromatic N) is 2. The number of hydrogen-bond acceptors (Lipinski definition) is 2. The largest absolute Gasteiger partial charge is 0.304 e. The summed E-state index contributed by atoms with van der Waals surface area (Å²) >= 11 is 0. The topological polar surface area (TPSA) is 16.1 Å². The molecule has 1 unspecified atom stereocenters. The number of allylic oxidation sites excluding steroid dienone is 4. The van der Waals surface area contributed by atoms with Gasteiger partial charge in [0, 0.05) is 17.6 Å². The zero-order chi connectivity index (χ0) is 17.9. The fourth-order valence-electron chi connectivity index (χ4n) is 3.51. The second-order valence-corrected chi connectivity index (χ2v) is 7.56. The molecule has 0 bridgehead atoms. The maximum atomic E-state index is 4.69. The van der Waals surface area contributed by atoms with Gasteiger partial charge in [0.1, 0.15) is 13.7 Å². The molecule has 2 nitrogen and oxygen atoms in total. The zero-order valence-corrected chi connectivity index (χ0v) is 16.0. The third-order valence-corrected chi connectivity index (χ3v) is 5.32. The van der Waals surface area contributed by atoms with Gasteiger partial charge in [-0.3, -0.25) is 0 Å². The number of pyridine rings is 1. The van der Waals surface area contributed by atoms with Gasteiger partial charge in [0.2, 0.25) is 0 Å². The van der Waals surface area contributed by atoms with Gasteiger partial charge in [-0.25, -0.2) is 4.98 Å². The Hall–Kier alpha value is -1.77. The summed E-state index contributed by atoms with van der Waals surface area (Å²) in [5, 5.41) is 0. The number of hydrogen-bond donors (Lipinski definition) is 0. The molecular formula is C21H31BN2. The lowest BCUT2D eigenvalue weighted by atomic mass is 9.69. The summed E-state index contributed by atoms with van der Waals surface area (Å²) in [7, 11) is 2.20. The number of anilines is 1. The molecule has 0 aliphatic heterocycles. The highest BCUT2D eigenvalue weighted by atomic mass is 15.2. The first kappa shape index (κ1) is 18.6. The SMILES string of the molecule is BCC(=C)C1(C)CC=C(N(C(=C)C)c2ncccc2C(C)C)CC1. The van der Waals surface area contributed by atoms with Gasteiger partial charge in [-0.1, -0.05) is 51.4 Å². The van der Waals surface area contributed by atoms with Crippen LogP contribution in [0.25, 0.3) is 0 Å². The van der Waals surface area contributed by atoms with Crippen LogP contribution in [-0.4, -0.2) is 12.8 Å². The predicted octanol–water partition coefficient (Wildman–Crippen LogP) is 5.23. The van der Waals surface area contributed by atoms with Gasteiger partial charge < -0.3 is 4.90 Å². The molecule has 0 amide bonds. The van der Waals surface area contributed by atoms with Crippen LogP contribution in [0.3, 0.4) is 0 Å². The molecule has 0 saturated heterocycles. The molecule has 3 heteroatoms. The van der Waals surface area contributed by atoms with Crippen molar-refractivity contribution in [1.29, 1.82) is 0 Å². The summed E-state index contributed by atoms with van der Waals surface area (Å²) in [5.41, 5.74) is 5.21. The van der Waals surface area contributed by atoms with E-state index in [1.807, 2.05) is 12.3 Å². The predicted molar refractivity (Wildman–Crippen MR) is 108 cm³/mol. The van der Waals surface area contributed by atoms with E-state index >= 15 is 0 Å². The normalized spacial score (nSPS) is 20.6. The van der Waals surface area contributed by atoms with E-state index in [0.717, 1.165) is 37.1 Å². The van der Waals surface area contributed by atoms with Gasteiger partial charge in [0.25, 0.3) is 0 Å². The van der Waals surface area contributed by atoms with Crippen LogP contribution < -0.4 is 4.90 Å². The van der Waals surface area contributed by atoms with Crippen molar-refractivity contribution in [3.63, 3.8) is 0 Å². The van der Waals surface area contributed by atoms with Gasteiger partial charge >= 0.3 is 0 Å². The first-order chi connectivity index (χ1) is 11.3. The van der Waals surface area contributed by atoms with Crippen molar-refractivity contribution in [3.05, 3.63) is 60.1 Å². The standard InChI is InChI=1S/C21H31BN2/c1-15(2)19-8-7-13-23-20(19)24(16(3)4)18-9-11-21(6,12-10-18)17(5)14-22/h7-9,13,15H,3,5,10-12,14,22H2,1-2,4,6H3. The van der Waals surface area contributed by atoms with E-state index < -0.39 is 0 Å². The van der Waals surface area contributed by atoms with Crippen LogP contribution in [0.15, 0.2) is 54.5 Å². The van der Waals surface area contributed by atoms with Crippen LogP contribution in [0, 0.1) is 5.41 Å². The second kappa shape index (κ2) is 7.42. The molecule has 0 aromatic carbocycles. The lowest BCUT2D eigenvalue weighted by molar-refractivity contribution is 0.352. The zero-order valence-electron chi connectivity index (χ0n) is 16.0. The van der Waals surface area contributed by atoms with Crippen LogP contribution in [0.1, 0.15) is 58.4 Å². The van der Waals surface area contributed by atoms with Crippen LogP contribution in [0.5, 0.6) is 0 Å². The summed E-state index contributed by atoms with van der Waals surface area (Å²) in [6.07, 6.45) is 8.53. The van der Waals surface area contributed by atoms with E-state index in [-0.39, 0.29) is 5.41 Å². The Morgan fingerprint density at radius 2 is 2.12 bits per heavy atom. The van der Waals surface area contributed by atoms with Gasteiger partial charge in [-0.15, -0.1) is 6.58 Å². The van der Waals surface area contributed by atoms with Gasteiger partial charge in [-0.05, 0) is 49.1 Å². The molecule has 1 aromatic rings. The molecule has 0 N–H and O–H groups in total. The number of aromatic nitrogens is 1. The summed E-state index contributed by atoms with van der Waals surface area (Å²) in [6.45, 7) is 17.4. The molecule has 0 fully saturated rings. The Morgan fingerprint density at radius 1 is 1.42 bits per heavy atom. The second-order valence-electron chi connectivity index (χ2n) is 7.56. The van der Waals surface area contributed by atoms with E-state index in [1.54, 1.807) is 0 Å². The van der Waals surface area contributed by atoms with Gasteiger partial charge in [0.05, 0.1) is 0 Å². The summed E-state index contributed by atoms with van der Waals surface area (Å²) in [5.74, 6) is 1.47. The fraction of sp³-hybridized carbons (Fsp3) is 0.476. The van der Waals surface area contributed by atoms with Crippen LogP contribution in [0.2, 0.25) is 6.32 Å². The molecule has 24 heavy (non-hydrogen) atoms. The highest BCUT2D eigenvalue weighted by Crippen LogP contribution is 2.44. The first-order valence-electron chi connectivity index (χ1n) is 9.08. The Kier molecular flexibility index (Phi) is 5.74. The summed E-state index contributed by atoms with van der Waals surface area (Å²) in [4.78, 5) is 6.94. The van der Waals surface area contributed by atoms with E-state index in [1.165, 1.54) is 16.8 Å². The molecule has 1 heterocycles. The molecular weight excluding hydrogens is 291 g/mol. The third kappa shape index (κ3) is 3.66. The maximum absolute atomic E-state index is 4.69. The highest BCUT2D eigenvalue weighted by molar-refractivity contribution is 6.10. The third-order valence-electron chi connectivity index (χ3n) is 5.32. The van der Waals surface area contributed by atoms with Crippen LogP contribution in [-0.2, 0) is 0 Å². The lowest BCUT2D eigenvalue weighted by Gasteiger charge is -2.38. The Labute approximate surface area is 148 Å². The van der Waals surface area contributed by atoms with Crippen molar-refractivity contribution in [2.24, 2.45) is 5.41 Å². The average Bonchev–Trinajstić information content (AvgIpc) is 2.56. The van der Waals surface area contributed by atoms with E-state index in [4.69, 9.17) is 4.98 Å². The molecule has 2 rings (SSSR count). The molecule has 128 valence electrons. The quantitative estimate of drug-likeness (QED) is 0.527. The Bertz CT molecular complexity index is 660. The smallest absolute Gasteiger partial charge is 0.140 e. The first-order valence-corrected chi connectivity index (χ1v) is 9.08. The molecule has 0 spiro atoms. The Morgan fingerprint density at radius 3 is 2.62 bits per heavy atom. The van der Waals surface area contributed by atoms with Crippen LogP contribution >= 0.6 is 0 Å². The van der Waals surface area contributed by atoms with Crippen molar-refractivity contribution < 1.29 is 0 Å². The number of rotatable bonds is 6. The summed E-state index contributed by atoms with van der Waals surface area (Å²) < 4.78 is 0. The minimum Gasteiger partial charge on any atom is -0.304 e. The molecule has 1 aliphatic rings. The van der Waals surface area contributed by atoms with Gasteiger partial charge in [0.15, 0.2) is 0 Å². The minimum atomic E-state index is 0.226. The maximum Gasteiger partial charge on any atom is 0.140 e. The Balaban J connectivity index is 2.38. The molecule has 1 aliphatic carbocycles. The molecule has 0 saturated carbocycles. The van der Waals surface area contributed by atoms with Crippen molar-refractivity contribution in [2.75, 3.05) is 4.90 Å². The van der Waals surface area contributed by atoms with E-state index in [9.17, 15) is 0 Å².